The summed E-state index contributed by atoms with van der Waals surface area (Å²) >= 11 is 0. The van der Waals surface area contributed by atoms with Gasteiger partial charge >= 0.3 is 5.97 Å². The molecule has 2 aromatic rings. The van der Waals surface area contributed by atoms with Gasteiger partial charge < -0.3 is 4.74 Å². The van der Waals surface area contributed by atoms with Crippen molar-refractivity contribution in [3.8, 4) is 5.75 Å². The lowest BCUT2D eigenvalue weighted by atomic mass is 9.77. The molecule has 0 unspecified atom stereocenters. The second-order valence-electron chi connectivity index (χ2n) is 9.68. The van der Waals surface area contributed by atoms with Gasteiger partial charge in [-0.3, -0.25) is 0 Å². The smallest absolute Gasteiger partial charge is 0.343 e. The maximum atomic E-state index is 12.5. The van der Waals surface area contributed by atoms with Gasteiger partial charge in [0.2, 0.25) is 0 Å². The Bertz CT molecular complexity index is 783. The quantitative estimate of drug-likeness (QED) is 0.189. The van der Waals surface area contributed by atoms with E-state index in [1.807, 2.05) is 24.3 Å². The number of carbonyl (C=O) groups excluding carboxylic acids is 1. The van der Waals surface area contributed by atoms with Gasteiger partial charge in [0.25, 0.3) is 0 Å². The molecule has 0 atom stereocenters. The van der Waals surface area contributed by atoms with Gasteiger partial charge in [-0.15, -0.1) is 0 Å². The minimum Gasteiger partial charge on any atom is -0.423 e. The Morgan fingerprint density at radius 3 is 2.09 bits per heavy atom. The summed E-state index contributed by atoms with van der Waals surface area (Å²) in [5, 5.41) is 0. The van der Waals surface area contributed by atoms with Crippen LogP contribution in [-0.4, -0.2) is 5.97 Å². The molecule has 2 nitrogen and oxygen atoms in total. The van der Waals surface area contributed by atoms with E-state index in [1.165, 1.54) is 88.2 Å². The highest BCUT2D eigenvalue weighted by Crippen LogP contribution is 2.38. The number of hydrogen-bond donors (Lipinski definition) is 0. The molecule has 0 saturated heterocycles. The molecular weight excluding hydrogens is 392 g/mol. The maximum absolute atomic E-state index is 12.5. The van der Waals surface area contributed by atoms with Crippen molar-refractivity contribution in [2.24, 2.45) is 5.92 Å². The van der Waals surface area contributed by atoms with E-state index in [1.54, 1.807) is 0 Å². The predicted molar refractivity (Wildman–Crippen MR) is 135 cm³/mol. The van der Waals surface area contributed by atoms with Crippen molar-refractivity contribution in [3.63, 3.8) is 0 Å². The molecule has 0 bridgehead atoms. The Balaban J connectivity index is 1.44. The highest BCUT2D eigenvalue weighted by Gasteiger charge is 2.22. The summed E-state index contributed by atoms with van der Waals surface area (Å²) in [6.07, 6.45) is 16.9. The van der Waals surface area contributed by atoms with Crippen LogP contribution in [0.25, 0.3) is 0 Å². The molecule has 0 N–H and O–H groups in total. The summed E-state index contributed by atoms with van der Waals surface area (Å²) in [4.78, 5) is 12.5. The van der Waals surface area contributed by atoms with Gasteiger partial charge in [-0.25, -0.2) is 4.79 Å². The molecule has 0 radical (unpaired) electrons. The standard InChI is InChI=1S/C30H42O2/c1-3-5-7-9-11-25-14-18-28(19-15-25)30(31)32-29-22-20-27(21-23-29)26-16-12-24(13-17-26)10-8-6-4-2/h14-15,18-24,26H,3-13,16-17H2,1-2H3. The fourth-order valence-electron chi connectivity index (χ4n) is 5.00. The summed E-state index contributed by atoms with van der Waals surface area (Å²) in [6.45, 7) is 4.51. The van der Waals surface area contributed by atoms with E-state index in [-0.39, 0.29) is 5.97 Å². The average molecular weight is 435 g/mol. The van der Waals surface area contributed by atoms with E-state index in [9.17, 15) is 4.79 Å². The van der Waals surface area contributed by atoms with E-state index in [4.69, 9.17) is 4.74 Å². The third-order valence-corrected chi connectivity index (χ3v) is 7.13. The van der Waals surface area contributed by atoms with E-state index >= 15 is 0 Å². The molecule has 2 heteroatoms. The first kappa shape index (κ1) is 24.6. The first-order valence-electron chi connectivity index (χ1n) is 13.1. The van der Waals surface area contributed by atoms with E-state index in [0.717, 1.165) is 12.3 Å². The zero-order valence-electron chi connectivity index (χ0n) is 20.3. The van der Waals surface area contributed by atoms with Gasteiger partial charge in [-0.05, 0) is 85.8 Å². The molecule has 2 aromatic carbocycles. The number of aryl methyl sites for hydroxylation is 1. The van der Waals surface area contributed by atoms with Crippen LogP contribution in [0.2, 0.25) is 0 Å². The van der Waals surface area contributed by atoms with Gasteiger partial charge in [-0.1, -0.05) is 83.1 Å². The number of benzene rings is 2. The van der Waals surface area contributed by atoms with Gasteiger partial charge in [0.05, 0.1) is 5.56 Å². The number of unbranched alkanes of at least 4 members (excludes halogenated alkanes) is 5. The molecular formula is C30H42O2. The van der Waals surface area contributed by atoms with Crippen LogP contribution >= 0.6 is 0 Å². The minimum absolute atomic E-state index is 0.275. The predicted octanol–water partition coefficient (Wildman–Crippen LogP) is 8.88. The summed E-state index contributed by atoms with van der Waals surface area (Å²) in [7, 11) is 0. The zero-order valence-corrected chi connectivity index (χ0v) is 20.3. The zero-order chi connectivity index (χ0) is 22.6. The van der Waals surface area contributed by atoms with Gasteiger partial charge in [0, 0.05) is 0 Å². The Kier molecular flexibility index (Phi) is 10.3. The molecule has 0 aromatic heterocycles. The lowest BCUT2D eigenvalue weighted by Crippen LogP contribution is -2.13. The molecule has 1 fully saturated rings. The molecule has 32 heavy (non-hydrogen) atoms. The molecule has 0 aliphatic heterocycles. The Labute approximate surface area is 195 Å². The topological polar surface area (TPSA) is 26.3 Å². The van der Waals surface area contributed by atoms with Crippen molar-refractivity contribution in [3.05, 3.63) is 65.2 Å². The van der Waals surface area contributed by atoms with Crippen LogP contribution in [0, 0.1) is 5.92 Å². The number of ether oxygens (including phenoxy) is 1. The second-order valence-corrected chi connectivity index (χ2v) is 9.68. The lowest BCUT2D eigenvalue weighted by molar-refractivity contribution is 0.0734. The van der Waals surface area contributed by atoms with Crippen molar-refractivity contribution in [1.29, 1.82) is 0 Å². The van der Waals surface area contributed by atoms with Crippen molar-refractivity contribution < 1.29 is 9.53 Å². The first-order chi connectivity index (χ1) is 15.7. The summed E-state index contributed by atoms with van der Waals surface area (Å²) in [5.41, 5.74) is 3.30. The van der Waals surface area contributed by atoms with Crippen molar-refractivity contribution >= 4 is 5.97 Å². The van der Waals surface area contributed by atoms with Crippen molar-refractivity contribution in [1.82, 2.24) is 0 Å². The number of hydrogen-bond acceptors (Lipinski definition) is 2. The fourth-order valence-corrected chi connectivity index (χ4v) is 5.00. The fraction of sp³-hybridized carbons (Fsp3) is 0.567. The Morgan fingerprint density at radius 2 is 1.44 bits per heavy atom. The Hall–Kier alpha value is -2.09. The third-order valence-electron chi connectivity index (χ3n) is 7.13. The SMILES string of the molecule is CCCCCCc1ccc(C(=O)Oc2ccc(C3CCC(CCCCC)CC3)cc2)cc1. The van der Waals surface area contributed by atoms with E-state index in [2.05, 4.69) is 38.1 Å². The highest BCUT2D eigenvalue weighted by molar-refractivity contribution is 5.91. The van der Waals surface area contributed by atoms with E-state index in [0.29, 0.717) is 17.2 Å². The van der Waals surface area contributed by atoms with Crippen molar-refractivity contribution in [2.75, 3.05) is 0 Å². The summed E-state index contributed by atoms with van der Waals surface area (Å²) in [5.74, 6) is 1.95. The van der Waals surface area contributed by atoms with Gasteiger partial charge in [-0.2, -0.15) is 0 Å². The average Bonchev–Trinajstić information content (AvgIpc) is 2.83. The number of rotatable bonds is 12. The van der Waals surface area contributed by atoms with Crippen LogP contribution in [0.3, 0.4) is 0 Å². The Morgan fingerprint density at radius 1 is 0.781 bits per heavy atom. The van der Waals surface area contributed by atoms with Crippen LogP contribution in [0.15, 0.2) is 48.5 Å². The monoisotopic (exact) mass is 434 g/mol. The molecule has 174 valence electrons. The van der Waals surface area contributed by atoms with Gasteiger partial charge in [0.15, 0.2) is 0 Å². The van der Waals surface area contributed by atoms with Crippen LogP contribution < -0.4 is 4.74 Å². The highest BCUT2D eigenvalue weighted by atomic mass is 16.5. The molecule has 1 saturated carbocycles. The van der Waals surface area contributed by atoms with E-state index < -0.39 is 0 Å². The molecule has 1 aliphatic rings. The summed E-state index contributed by atoms with van der Waals surface area (Å²) in [6, 6.07) is 16.1. The third kappa shape index (κ3) is 7.80. The van der Waals surface area contributed by atoms with Gasteiger partial charge in [0.1, 0.15) is 5.75 Å². The maximum Gasteiger partial charge on any atom is 0.343 e. The van der Waals surface area contributed by atoms with Crippen molar-refractivity contribution in [2.45, 2.75) is 103 Å². The van der Waals surface area contributed by atoms with Crippen LogP contribution in [0.5, 0.6) is 5.75 Å². The van der Waals surface area contributed by atoms with Crippen LogP contribution in [0.1, 0.15) is 118 Å². The summed E-state index contributed by atoms with van der Waals surface area (Å²) < 4.78 is 5.63. The molecule has 0 heterocycles. The number of esters is 1. The van der Waals surface area contributed by atoms with Crippen LogP contribution in [0.4, 0.5) is 0 Å². The molecule has 1 aliphatic carbocycles. The molecule has 3 rings (SSSR count). The first-order valence-corrected chi connectivity index (χ1v) is 13.1. The number of carbonyl (C=O) groups is 1. The van der Waals surface area contributed by atoms with Crippen LogP contribution in [-0.2, 0) is 6.42 Å². The molecule has 0 amide bonds. The minimum atomic E-state index is -0.275. The lowest BCUT2D eigenvalue weighted by Gasteiger charge is -2.29. The second kappa shape index (κ2) is 13.5. The largest absolute Gasteiger partial charge is 0.423 e. The normalized spacial score (nSPS) is 18.4. The molecule has 0 spiro atoms.